The normalized spacial score (nSPS) is 7.37. The number of carboxylic acid groups (broad SMARTS) is 4. The smallest absolute Gasteiger partial charge is 0.331 e. The van der Waals surface area contributed by atoms with Crippen LogP contribution in [0, 0.1) is 0 Å². The molecule has 0 rings (SSSR count). The van der Waals surface area contributed by atoms with Gasteiger partial charge in [-0.1, -0.05) is 19.7 Å². The molecule has 0 aromatic carbocycles. The zero-order valence-corrected chi connectivity index (χ0v) is 9.90. The molecule has 0 aliphatic rings. The molecule has 19 heavy (non-hydrogen) atoms. The Hall–Kier alpha value is -2.90. The van der Waals surface area contributed by atoms with Crippen LogP contribution in [-0.2, 0) is 19.2 Å². The number of hydrogen-bond acceptors (Lipinski definition) is 4. The van der Waals surface area contributed by atoms with Gasteiger partial charge in [0.25, 0.3) is 0 Å². The quantitative estimate of drug-likeness (QED) is 0.533. The second-order valence-corrected chi connectivity index (χ2v) is 2.56. The molecule has 8 heteroatoms. The molecule has 0 bridgehead atoms. The summed E-state index contributed by atoms with van der Waals surface area (Å²) in [6.07, 6.45) is 1.16. The van der Waals surface area contributed by atoms with Crippen molar-refractivity contribution in [1.29, 1.82) is 0 Å². The second-order valence-electron chi connectivity index (χ2n) is 2.56. The molecule has 0 atom stereocenters. The number of hydrogen-bond donors (Lipinski definition) is 4. The Balaban J connectivity index is -0.000000219. The van der Waals surface area contributed by atoms with E-state index in [2.05, 4.69) is 19.7 Å². The van der Waals surface area contributed by atoms with E-state index in [0.717, 1.165) is 12.2 Å². The monoisotopic (exact) mass is 274 g/mol. The maximum Gasteiger partial charge on any atom is 0.331 e. The fraction of sp³-hybridized carbons (Fsp3) is 0.0909. The van der Waals surface area contributed by atoms with Gasteiger partial charge in [0.2, 0.25) is 0 Å². The van der Waals surface area contributed by atoms with Crippen LogP contribution in [0.3, 0.4) is 0 Å². The standard InChI is InChI=1S/C5H6O4.2C3H4O2/c1-3(5(8)9)2-4(6)7;2*1-2-3(4)5/h1-2H2,(H,6,7)(H,8,9);2*2H,1H2,(H,4,5). The van der Waals surface area contributed by atoms with Gasteiger partial charge in [0, 0.05) is 17.7 Å². The molecule has 0 fully saturated rings. The van der Waals surface area contributed by atoms with E-state index in [9.17, 15) is 19.2 Å². The van der Waals surface area contributed by atoms with Gasteiger partial charge in [-0.2, -0.15) is 0 Å². The van der Waals surface area contributed by atoms with E-state index in [-0.39, 0.29) is 5.57 Å². The molecular formula is C11H14O8. The SMILES string of the molecule is C=C(CC(=O)O)C(=O)O.C=CC(=O)O.C=CC(=O)O. The Morgan fingerprint density at radius 3 is 1.16 bits per heavy atom. The molecule has 0 aromatic rings. The van der Waals surface area contributed by atoms with Crippen LogP contribution >= 0.6 is 0 Å². The fourth-order valence-electron chi connectivity index (χ4n) is 0.258. The van der Waals surface area contributed by atoms with E-state index in [1.807, 2.05) is 0 Å². The van der Waals surface area contributed by atoms with Crippen molar-refractivity contribution in [3.63, 3.8) is 0 Å². The minimum atomic E-state index is -1.27. The van der Waals surface area contributed by atoms with Gasteiger partial charge in [-0.05, 0) is 0 Å². The van der Waals surface area contributed by atoms with Crippen LogP contribution in [0.25, 0.3) is 0 Å². The maximum atomic E-state index is 9.87. The van der Waals surface area contributed by atoms with Crippen molar-refractivity contribution in [2.24, 2.45) is 0 Å². The third kappa shape index (κ3) is 31.3. The highest BCUT2D eigenvalue weighted by molar-refractivity contribution is 5.91. The van der Waals surface area contributed by atoms with Crippen LogP contribution in [-0.4, -0.2) is 44.3 Å². The van der Waals surface area contributed by atoms with E-state index >= 15 is 0 Å². The Bertz CT molecular complexity index is 362. The molecule has 0 aliphatic heterocycles. The lowest BCUT2D eigenvalue weighted by atomic mass is 10.2. The first kappa shape index (κ1) is 21.4. The lowest BCUT2D eigenvalue weighted by Gasteiger charge is -1.91. The lowest BCUT2D eigenvalue weighted by molar-refractivity contribution is -0.139. The summed E-state index contributed by atoms with van der Waals surface area (Å²) in [4.78, 5) is 38.2. The molecule has 0 saturated carbocycles. The topological polar surface area (TPSA) is 149 Å². The summed E-state index contributed by atoms with van der Waals surface area (Å²) < 4.78 is 0. The molecular weight excluding hydrogens is 260 g/mol. The zero-order valence-electron chi connectivity index (χ0n) is 9.90. The van der Waals surface area contributed by atoms with Crippen LogP contribution in [0.2, 0.25) is 0 Å². The van der Waals surface area contributed by atoms with Crippen molar-refractivity contribution >= 4 is 23.9 Å². The van der Waals surface area contributed by atoms with E-state index in [0.29, 0.717) is 0 Å². The molecule has 4 N–H and O–H groups in total. The Kier molecular flexibility index (Phi) is 14.8. The predicted octanol–water partition coefficient (Wildman–Crippen LogP) is 0.616. The molecule has 0 saturated heterocycles. The lowest BCUT2D eigenvalue weighted by Crippen LogP contribution is -2.04. The van der Waals surface area contributed by atoms with Crippen molar-refractivity contribution in [3.8, 4) is 0 Å². The Morgan fingerprint density at radius 1 is 0.842 bits per heavy atom. The predicted molar refractivity (Wildman–Crippen MR) is 64.7 cm³/mol. The summed E-state index contributed by atoms with van der Waals surface area (Å²) in [5, 5.41) is 31.3. The van der Waals surface area contributed by atoms with Crippen LogP contribution in [0.15, 0.2) is 37.5 Å². The second kappa shape index (κ2) is 13.2. The molecule has 0 heterocycles. The van der Waals surface area contributed by atoms with E-state index in [1.165, 1.54) is 0 Å². The van der Waals surface area contributed by atoms with Crippen molar-refractivity contribution in [2.75, 3.05) is 0 Å². The van der Waals surface area contributed by atoms with E-state index in [4.69, 9.17) is 20.4 Å². The fourth-order valence-corrected chi connectivity index (χ4v) is 0.258. The number of aliphatic carboxylic acids is 4. The summed E-state index contributed by atoms with van der Waals surface area (Å²) >= 11 is 0. The first-order chi connectivity index (χ1) is 8.58. The minimum Gasteiger partial charge on any atom is -0.481 e. The van der Waals surface area contributed by atoms with Crippen molar-refractivity contribution in [2.45, 2.75) is 6.42 Å². The van der Waals surface area contributed by atoms with E-state index < -0.39 is 30.3 Å². The van der Waals surface area contributed by atoms with Gasteiger partial charge < -0.3 is 20.4 Å². The van der Waals surface area contributed by atoms with E-state index in [1.54, 1.807) is 0 Å². The zero-order chi connectivity index (χ0) is 16.0. The summed E-state index contributed by atoms with van der Waals surface area (Å²) in [6, 6.07) is 0. The van der Waals surface area contributed by atoms with Gasteiger partial charge in [0.15, 0.2) is 0 Å². The molecule has 0 aliphatic carbocycles. The van der Waals surface area contributed by atoms with Crippen molar-refractivity contribution in [1.82, 2.24) is 0 Å². The Labute approximate surface area is 108 Å². The maximum absolute atomic E-state index is 9.87. The third-order valence-corrected chi connectivity index (χ3v) is 1.02. The van der Waals surface area contributed by atoms with Gasteiger partial charge >= 0.3 is 23.9 Å². The summed E-state index contributed by atoms with van der Waals surface area (Å²) in [7, 11) is 0. The average Bonchev–Trinajstić information content (AvgIpc) is 2.29. The van der Waals surface area contributed by atoms with Gasteiger partial charge in [-0.15, -0.1) is 0 Å². The minimum absolute atomic E-state index is 0.303. The van der Waals surface area contributed by atoms with Crippen molar-refractivity contribution < 1.29 is 39.6 Å². The third-order valence-electron chi connectivity index (χ3n) is 1.02. The summed E-state index contributed by atoms with van der Waals surface area (Å²) in [5.41, 5.74) is -0.303. The summed E-state index contributed by atoms with van der Waals surface area (Å²) in [5.74, 6) is -4.41. The molecule has 106 valence electrons. The Morgan fingerprint density at radius 2 is 1.11 bits per heavy atom. The molecule has 8 nitrogen and oxygen atoms in total. The first-order valence-corrected chi connectivity index (χ1v) is 4.42. The molecule has 0 spiro atoms. The van der Waals surface area contributed by atoms with Crippen molar-refractivity contribution in [3.05, 3.63) is 37.5 Å². The molecule has 0 amide bonds. The first-order valence-electron chi connectivity index (χ1n) is 4.42. The van der Waals surface area contributed by atoms with Crippen LogP contribution in [0.1, 0.15) is 6.42 Å². The molecule has 0 unspecified atom stereocenters. The highest BCUT2D eigenvalue weighted by atomic mass is 16.4. The molecule has 0 aromatic heterocycles. The largest absolute Gasteiger partial charge is 0.481 e. The number of carboxylic acids is 4. The highest BCUT2D eigenvalue weighted by Crippen LogP contribution is 1.95. The van der Waals surface area contributed by atoms with Gasteiger partial charge in [0.05, 0.1) is 6.42 Å². The number of carbonyl (C=O) groups is 4. The number of rotatable bonds is 5. The summed E-state index contributed by atoms with van der Waals surface area (Å²) in [6.45, 7) is 8.94. The van der Waals surface area contributed by atoms with Gasteiger partial charge in [-0.3, -0.25) is 4.79 Å². The van der Waals surface area contributed by atoms with Gasteiger partial charge in [-0.25, -0.2) is 14.4 Å². The van der Waals surface area contributed by atoms with Gasteiger partial charge in [0.1, 0.15) is 0 Å². The molecule has 0 radical (unpaired) electrons. The van der Waals surface area contributed by atoms with Crippen LogP contribution < -0.4 is 0 Å². The average molecular weight is 274 g/mol. The highest BCUT2D eigenvalue weighted by Gasteiger charge is 2.07. The van der Waals surface area contributed by atoms with Crippen LogP contribution in [0.5, 0.6) is 0 Å². The van der Waals surface area contributed by atoms with Crippen LogP contribution in [0.4, 0.5) is 0 Å².